The highest BCUT2D eigenvalue weighted by molar-refractivity contribution is 5.32. The average Bonchev–Trinajstić information content (AvgIpc) is 2.47. The fraction of sp³-hybridized carbons (Fsp3) is 0.625. The quantitative estimate of drug-likeness (QED) is 0.534. The summed E-state index contributed by atoms with van der Waals surface area (Å²) >= 11 is 0. The van der Waals surface area contributed by atoms with Gasteiger partial charge in [0, 0.05) is 6.04 Å². The predicted molar refractivity (Wildman–Crippen MR) is 79.4 cm³/mol. The van der Waals surface area contributed by atoms with Crippen molar-refractivity contribution in [2.45, 2.75) is 58.2 Å². The molecule has 0 spiro atoms. The van der Waals surface area contributed by atoms with E-state index in [1.54, 1.807) is 6.07 Å². The van der Waals surface area contributed by atoms with Crippen LogP contribution in [-0.2, 0) is 6.18 Å². The number of hydrogen-bond acceptors (Lipinski definition) is 2. The highest BCUT2D eigenvalue weighted by atomic mass is 19.4. The molecule has 1 rings (SSSR count). The van der Waals surface area contributed by atoms with Crippen LogP contribution in [0.1, 0.15) is 63.1 Å². The Kier molecular flexibility index (Phi) is 7.18. The van der Waals surface area contributed by atoms with Crippen LogP contribution >= 0.6 is 0 Å². The van der Waals surface area contributed by atoms with Gasteiger partial charge in [-0.1, -0.05) is 57.7 Å². The lowest BCUT2D eigenvalue weighted by atomic mass is 9.88. The predicted octanol–water partition coefficient (Wildman–Crippen LogP) is 4.82. The summed E-state index contributed by atoms with van der Waals surface area (Å²) in [6.07, 6.45) is 0.440. The van der Waals surface area contributed by atoms with E-state index in [1.807, 2.05) is 0 Å². The molecular formula is C16H25F3N2. The summed E-state index contributed by atoms with van der Waals surface area (Å²) < 4.78 is 39.3. The second-order valence-electron chi connectivity index (χ2n) is 5.46. The number of hydrogen-bond donors (Lipinski definition) is 2. The lowest BCUT2D eigenvalue weighted by Gasteiger charge is -2.25. The van der Waals surface area contributed by atoms with Gasteiger partial charge < -0.3 is 0 Å². The highest BCUT2D eigenvalue weighted by Gasteiger charge is 2.35. The third kappa shape index (κ3) is 5.32. The summed E-state index contributed by atoms with van der Waals surface area (Å²) in [5, 5.41) is 0. The lowest BCUT2D eigenvalue weighted by Crippen LogP contribution is -2.31. The monoisotopic (exact) mass is 302 g/mol. The lowest BCUT2D eigenvalue weighted by molar-refractivity contribution is -0.138. The van der Waals surface area contributed by atoms with Gasteiger partial charge in [0.1, 0.15) is 0 Å². The van der Waals surface area contributed by atoms with Crippen LogP contribution in [0.3, 0.4) is 0 Å². The van der Waals surface area contributed by atoms with Gasteiger partial charge in [-0.25, -0.2) is 0 Å². The van der Waals surface area contributed by atoms with E-state index in [4.69, 9.17) is 5.84 Å². The third-order valence-electron chi connectivity index (χ3n) is 3.96. The molecule has 0 heterocycles. The van der Waals surface area contributed by atoms with Crippen molar-refractivity contribution in [3.63, 3.8) is 0 Å². The van der Waals surface area contributed by atoms with Crippen molar-refractivity contribution in [1.82, 2.24) is 5.43 Å². The fourth-order valence-corrected chi connectivity index (χ4v) is 2.66. The van der Waals surface area contributed by atoms with Crippen molar-refractivity contribution in [2.24, 2.45) is 11.8 Å². The van der Waals surface area contributed by atoms with Crippen molar-refractivity contribution >= 4 is 0 Å². The molecule has 0 amide bonds. The third-order valence-corrected chi connectivity index (χ3v) is 3.96. The first kappa shape index (κ1) is 18.0. The van der Waals surface area contributed by atoms with Crippen LogP contribution in [-0.4, -0.2) is 0 Å². The number of rotatable bonds is 8. The van der Waals surface area contributed by atoms with Crippen LogP contribution in [0.4, 0.5) is 13.2 Å². The van der Waals surface area contributed by atoms with Crippen LogP contribution in [0.25, 0.3) is 0 Å². The Labute approximate surface area is 124 Å². The first-order chi connectivity index (χ1) is 9.93. The van der Waals surface area contributed by atoms with Crippen LogP contribution in [0.15, 0.2) is 24.3 Å². The van der Waals surface area contributed by atoms with Crippen molar-refractivity contribution in [1.29, 1.82) is 0 Å². The standard InChI is InChI=1S/C16H25F3N2/c1-3-5-8-12(4-2)11-15(21-20)13-9-6-7-10-14(13)16(17,18)19/h6-7,9-10,12,15,21H,3-5,8,11,20H2,1-2H3. The maximum atomic E-state index is 13.1. The number of halogens is 3. The van der Waals surface area contributed by atoms with Gasteiger partial charge in [-0.05, 0) is 24.0 Å². The molecular weight excluding hydrogens is 277 g/mol. The second kappa shape index (κ2) is 8.39. The summed E-state index contributed by atoms with van der Waals surface area (Å²) in [7, 11) is 0. The molecule has 21 heavy (non-hydrogen) atoms. The molecule has 1 aromatic rings. The summed E-state index contributed by atoms with van der Waals surface area (Å²) in [4.78, 5) is 0. The molecule has 120 valence electrons. The van der Waals surface area contributed by atoms with Crippen molar-refractivity contribution < 1.29 is 13.2 Å². The molecule has 0 aromatic heterocycles. The first-order valence-electron chi connectivity index (χ1n) is 7.56. The summed E-state index contributed by atoms with van der Waals surface area (Å²) in [6.45, 7) is 4.19. The van der Waals surface area contributed by atoms with Crippen molar-refractivity contribution in [3.8, 4) is 0 Å². The second-order valence-corrected chi connectivity index (χ2v) is 5.46. The summed E-state index contributed by atoms with van der Waals surface area (Å²) in [5.41, 5.74) is 2.21. The van der Waals surface area contributed by atoms with E-state index in [9.17, 15) is 13.2 Å². The van der Waals surface area contributed by atoms with Crippen LogP contribution < -0.4 is 11.3 Å². The fourth-order valence-electron chi connectivity index (χ4n) is 2.66. The van der Waals surface area contributed by atoms with Crippen LogP contribution in [0, 0.1) is 5.92 Å². The summed E-state index contributed by atoms with van der Waals surface area (Å²) in [5.74, 6) is 5.91. The molecule has 0 aliphatic carbocycles. The highest BCUT2D eigenvalue weighted by Crippen LogP contribution is 2.36. The molecule has 5 heteroatoms. The molecule has 0 saturated carbocycles. The van der Waals surface area contributed by atoms with Crippen molar-refractivity contribution in [3.05, 3.63) is 35.4 Å². The largest absolute Gasteiger partial charge is 0.416 e. The van der Waals surface area contributed by atoms with E-state index in [0.717, 1.165) is 31.7 Å². The van der Waals surface area contributed by atoms with E-state index in [0.29, 0.717) is 12.3 Å². The van der Waals surface area contributed by atoms with E-state index in [1.165, 1.54) is 12.1 Å². The van der Waals surface area contributed by atoms with Gasteiger partial charge in [-0.3, -0.25) is 11.3 Å². The van der Waals surface area contributed by atoms with Gasteiger partial charge in [0.05, 0.1) is 5.56 Å². The average molecular weight is 302 g/mol. The van der Waals surface area contributed by atoms with E-state index in [2.05, 4.69) is 19.3 Å². The zero-order chi connectivity index (χ0) is 15.9. The Morgan fingerprint density at radius 1 is 1.19 bits per heavy atom. The first-order valence-corrected chi connectivity index (χ1v) is 7.56. The van der Waals surface area contributed by atoms with Gasteiger partial charge >= 0.3 is 6.18 Å². The molecule has 0 bridgehead atoms. The van der Waals surface area contributed by atoms with E-state index >= 15 is 0 Å². The molecule has 0 radical (unpaired) electrons. The van der Waals surface area contributed by atoms with Gasteiger partial charge in [0.2, 0.25) is 0 Å². The van der Waals surface area contributed by atoms with Gasteiger partial charge in [-0.15, -0.1) is 0 Å². The number of hydrazine groups is 1. The van der Waals surface area contributed by atoms with E-state index in [-0.39, 0.29) is 5.56 Å². The molecule has 2 nitrogen and oxygen atoms in total. The maximum Gasteiger partial charge on any atom is 0.416 e. The minimum atomic E-state index is -4.35. The van der Waals surface area contributed by atoms with Crippen LogP contribution in [0.5, 0.6) is 0 Å². The smallest absolute Gasteiger partial charge is 0.271 e. The Balaban J connectivity index is 2.94. The Hall–Kier alpha value is -1.07. The molecule has 2 atom stereocenters. The molecule has 0 fully saturated rings. The molecule has 0 saturated heterocycles. The topological polar surface area (TPSA) is 38.0 Å². The Bertz CT molecular complexity index is 418. The Morgan fingerprint density at radius 2 is 1.86 bits per heavy atom. The number of nitrogens with two attached hydrogens (primary N) is 1. The molecule has 1 aromatic carbocycles. The molecule has 3 N–H and O–H groups in total. The normalized spacial score (nSPS) is 15.0. The van der Waals surface area contributed by atoms with E-state index < -0.39 is 17.8 Å². The van der Waals surface area contributed by atoms with Gasteiger partial charge in [0.15, 0.2) is 0 Å². The molecule has 2 unspecified atom stereocenters. The zero-order valence-electron chi connectivity index (χ0n) is 12.7. The Morgan fingerprint density at radius 3 is 2.38 bits per heavy atom. The minimum absolute atomic E-state index is 0.238. The van der Waals surface area contributed by atoms with Gasteiger partial charge in [-0.2, -0.15) is 13.2 Å². The zero-order valence-corrected chi connectivity index (χ0v) is 12.7. The van der Waals surface area contributed by atoms with Gasteiger partial charge in [0.25, 0.3) is 0 Å². The van der Waals surface area contributed by atoms with Crippen molar-refractivity contribution in [2.75, 3.05) is 0 Å². The number of nitrogens with one attached hydrogen (secondary N) is 1. The number of benzene rings is 1. The minimum Gasteiger partial charge on any atom is -0.271 e. The molecule has 0 aliphatic rings. The number of alkyl halides is 3. The maximum absolute atomic E-state index is 13.1. The van der Waals surface area contributed by atoms with Crippen LogP contribution in [0.2, 0.25) is 0 Å². The SMILES string of the molecule is CCCCC(CC)CC(NN)c1ccccc1C(F)(F)F. The summed E-state index contributed by atoms with van der Waals surface area (Å²) in [6, 6.07) is 5.20. The number of unbranched alkanes of at least 4 members (excludes halogenated alkanes) is 1. The molecule has 0 aliphatic heterocycles.